The first-order valence-corrected chi connectivity index (χ1v) is 3.55. The van der Waals surface area contributed by atoms with E-state index in [2.05, 4.69) is 0 Å². The highest BCUT2D eigenvalue weighted by molar-refractivity contribution is 5.18. The molecule has 0 nitrogen and oxygen atoms in total. The van der Waals surface area contributed by atoms with E-state index in [9.17, 15) is 43.9 Å². The Morgan fingerprint density at radius 2 is 1.00 bits per heavy atom. The molecular weight excluding hydrogens is 274 g/mol. The van der Waals surface area contributed by atoms with Crippen LogP contribution in [0.2, 0.25) is 0 Å². The van der Waals surface area contributed by atoms with Gasteiger partial charge in [0.1, 0.15) is 0 Å². The monoisotopic (exact) mass is 276 g/mol. The van der Waals surface area contributed by atoms with E-state index in [1.165, 1.54) is 0 Å². The molecule has 0 aromatic heterocycles. The predicted molar refractivity (Wildman–Crippen MR) is 35.4 cm³/mol. The van der Waals surface area contributed by atoms with E-state index in [1.807, 2.05) is 0 Å². The number of hydrogen-bond donors (Lipinski definition) is 0. The van der Waals surface area contributed by atoms with Crippen LogP contribution in [0, 0.1) is 0 Å². The molecule has 17 heavy (non-hydrogen) atoms. The second-order valence-corrected chi connectivity index (χ2v) is 2.60. The molecule has 0 bridgehead atoms. The van der Waals surface area contributed by atoms with Gasteiger partial charge in [-0.15, -0.1) is 0 Å². The Kier molecular flexibility index (Phi) is 4.24. The van der Waals surface area contributed by atoms with E-state index in [4.69, 9.17) is 0 Å². The van der Waals surface area contributed by atoms with Gasteiger partial charge in [0.2, 0.25) is 5.83 Å². The van der Waals surface area contributed by atoms with Crippen molar-refractivity contribution in [1.82, 2.24) is 0 Å². The number of rotatable bonds is 2. The average molecular weight is 276 g/mol. The fraction of sp³-hybridized carbons (Fsp3) is 0.429. The molecule has 0 amide bonds. The van der Waals surface area contributed by atoms with Crippen molar-refractivity contribution in [3.63, 3.8) is 0 Å². The minimum atomic E-state index is -6.32. The molecule has 0 aromatic carbocycles. The molecular formula is C7H2F10. The highest BCUT2D eigenvalue weighted by Crippen LogP contribution is 2.41. The molecule has 0 N–H and O–H groups in total. The van der Waals surface area contributed by atoms with Crippen molar-refractivity contribution in [2.24, 2.45) is 0 Å². The Hall–Kier alpha value is -1.22. The number of hydrogen-bond acceptors (Lipinski definition) is 0. The van der Waals surface area contributed by atoms with Crippen molar-refractivity contribution >= 4 is 0 Å². The van der Waals surface area contributed by atoms with Gasteiger partial charge in [0.15, 0.2) is 5.83 Å². The molecule has 0 aliphatic carbocycles. The minimum Gasteiger partial charge on any atom is -0.205 e. The molecule has 10 heteroatoms. The van der Waals surface area contributed by atoms with E-state index in [0.29, 0.717) is 0 Å². The van der Waals surface area contributed by atoms with Crippen LogP contribution in [0.15, 0.2) is 23.8 Å². The van der Waals surface area contributed by atoms with Crippen LogP contribution in [0.25, 0.3) is 0 Å². The normalized spacial score (nSPS) is 16.4. The Labute approximate surface area is 87.2 Å². The van der Waals surface area contributed by atoms with E-state index < -0.39 is 42.1 Å². The third-order valence-electron chi connectivity index (χ3n) is 1.30. The fourth-order valence-corrected chi connectivity index (χ4v) is 0.481. The van der Waals surface area contributed by atoms with Crippen LogP contribution < -0.4 is 0 Å². The maximum absolute atomic E-state index is 12.2. The molecule has 0 fully saturated rings. The van der Waals surface area contributed by atoms with Crippen LogP contribution in [0.1, 0.15) is 0 Å². The smallest absolute Gasteiger partial charge is 0.205 e. The largest absolute Gasteiger partial charge is 0.460 e. The molecule has 0 saturated carbocycles. The zero-order valence-corrected chi connectivity index (χ0v) is 7.43. The maximum atomic E-state index is 12.2. The van der Waals surface area contributed by atoms with Crippen LogP contribution in [-0.4, -0.2) is 18.3 Å². The molecule has 100 valence electrons. The Morgan fingerprint density at radius 1 is 0.647 bits per heavy atom. The molecule has 0 unspecified atom stereocenters. The topological polar surface area (TPSA) is 0 Å². The van der Waals surface area contributed by atoms with Crippen LogP contribution in [0.5, 0.6) is 0 Å². The van der Waals surface area contributed by atoms with Crippen molar-refractivity contribution in [3.05, 3.63) is 23.8 Å². The SMILES string of the molecule is FC(=CC=C(F)C(F)(F)C(F)(F)F)C(F)(F)F. The lowest BCUT2D eigenvalue weighted by atomic mass is 10.2. The summed E-state index contributed by atoms with van der Waals surface area (Å²) in [6, 6.07) is 0. The van der Waals surface area contributed by atoms with Crippen molar-refractivity contribution in [2.75, 3.05) is 0 Å². The lowest BCUT2D eigenvalue weighted by Crippen LogP contribution is -2.36. The second kappa shape index (κ2) is 4.57. The van der Waals surface area contributed by atoms with E-state index in [0.717, 1.165) is 0 Å². The first kappa shape index (κ1) is 15.8. The van der Waals surface area contributed by atoms with E-state index in [1.54, 1.807) is 0 Å². The first-order valence-electron chi connectivity index (χ1n) is 3.55. The van der Waals surface area contributed by atoms with Gasteiger partial charge in [0.25, 0.3) is 0 Å². The molecule has 0 radical (unpaired) electrons. The van der Waals surface area contributed by atoms with Crippen molar-refractivity contribution in [2.45, 2.75) is 18.3 Å². The van der Waals surface area contributed by atoms with Gasteiger partial charge in [0, 0.05) is 0 Å². The predicted octanol–water partition coefficient (Wildman–Crippen LogP) is 4.45. The number of halogens is 10. The van der Waals surface area contributed by atoms with Gasteiger partial charge in [-0.1, -0.05) is 0 Å². The van der Waals surface area contributed by atoms with Crippen molar-refractivity contribution < 1.29 is 43.9 Å². The molecule has 0 atom stereocenters. The lowest BCUT2D eigenvalue weighted by Gasteiger charge is -2.17. The molecule has 0 aliphatic heterocycles. The minimum absolute atomic E-state index is 0.866. The van der Waals surface area contributed by atoms with Gasteiger partial charge < -0.3 is 0 Å². The van der Waals surface area contributed by atoms with Gasteiger partial charge in [-0.2, -0.15) is 35.1 Å². The number of alkyl halides is 8. The molecule has 0 rings (SSSR count). The van der Waals surface area contributed by atoms with Crippen LogP contribution >= 0.6 is 0 Å². The van der Waals surface area contributed by atoms with Gasteiger partial charge in [-0.3, -0.25) is 0 Å². The molecule has 0 aromatic rings. The van der Waals surface area contributed by atoms with Crippen LogP contribution in [0.4, 0.5) is 43.9 Å². The average Bonchev–Trinajstić information content (AvgIpc) is 2.09. The Balaban J connectivity index is 5.15. The van der Waals surface area contributed by atoms with E-state index in [-0.39, 0.29) is 0 Å². The third kappa shape index (κ3) is 3.93. The summed E-state index contributed by atoms with van der Waals surface area (Å²) in [4.78, 5) is 0. The zero-order chi connectivity index (χ0) is 14.1. The molecule has 0 saturated heterocycles. The summed E-state index contributed by atoms with van der Waals surface area (Å²) in [5.41, 5.74) is 0. The zero-order valence-electron chi connectivity index (χ0n) is 7.43. The van der Waals surface area contributed by atoms with Crippen LogP contribution in [-0.2, 0) is 0 Å². The summed E-state index contributed by atoms with van der Waals surface area (Å²) in [5.74, 6) is -12.2. The summed E-state index contributed by atoms with van der Waals surface area (Å²) in [5, 5.41) is 0. The first-order chi connectivity index (χ1) is 7.30. The van der Waals surface area contributed by atoms with Gasteiger partial charge in [-0.25, -0.2) is 8.78 Å². The maximum Gasteiger partial charge on any atom is 0.460 e. The standard InChI is InChI=1S/C7H2F10/c8-3(5(10,11)7(15,16)17)1-2-4(9)6(12,13)14/h1-2H. The van der Waals surface area contributed by atoms with Crippen molar-refractivity contribution in [1.29, 1.82) is 0 Å². The Bertz CT molecular complexity index is 328. The molecule has 0 spiro atoms. The summed E-state index contributed by atoms with van der Waals surface area (Å²) >= 11 is 0. The fourth-order valence-electron chi connectivity index (χ4n) is 0.481. The van der Waals surface area contributed by atoms with Gasteiger partial charge in [-0.05, 0) is 12.2 Å². The highest BCUT2D eigenvalue weighted by atomic mass is 19.4. The quantitative estimate of drug-likeness (QED) is 0.516. The number of allylic oxidation sites excluding steroid dienone is 4. The van der Waals surface area contributed by atoms with Gasteiger partial charge in [0.05, 0.1) is 0 Å². The summed E-state index contributed by atoms with van der Waals surface area (Å²) in [7, 11) is 0. The van der Waals surface area contributed by atoms with Gasteiger partial charge >= 0.3 is 18.3 Å². The van der Waals surface area contributed by atoms with Crippen molar-refractivity contribution in [3.8, 4) is 0 Å². The molecule has 0 aliphatic rings. The highest BCUT2D eigenvalue weighted by Gasteiger charge is 2.61. The van der Waals surface area contributed by atoms with E-state index >= 15 is 0 Å². The summed E-state index contributed by atoms with van der Waals surface area (Å²) in [6.45, 7) is 0. The second-order valence-electron chi connectivity index (χ2n) is 2.60. The Morgan fingerprint density at radius 3 is 1.29 bits per heavy atom. The molecule has 0 heterocycles. The lowest BCUT2D eigenvalue weighted by molar-refractivity contribution is -0.270. The summed E-state index contributed by atoms with van der Waals surface area (Å²) in [6.07, 6.45) is -13.7. The van der Waals surface area contributed by atoms with Crippen LogP contribution in [0.3, 0.4) is 0 Å². The summed E-state index contributed by atoms with van der Waals surface area (Å²) < 4.78 is 117. The third-order valence-corrected chi connectivity index (χ3v) is 1.30.